The number of rotatable bonds is 15. The third-order valence-electron chi connectivity index (χ3n) is 3.54. The Balaban J connectivity index is 3.78. The van der Waals surface area contributed by atoms with Crippen molar-refractivity contribution in [2.24, 2.45) is 0 Å². The lowest BCUT2D eigenvalue weighted by atomic mass is 10.1. The van der Waals surface area contributed by atoms with Gasteiger partial charge in [0.25, 0.3) is 0 Å². The van der Waals surface area contributed by atoms with Crippen molar-refractivity contribution in [3.05, 3.63) is 0 Å². The van der Waals surface area contributed by atoms with Crippen LogP contribution in [0, 0.1) is 0 Å². The quantitative estimate of drug-likeness (QED) is 0.314. The molecule has 0 aliphatic carbocycles. The molecule has 0 saturated heterocycles. The van der Waals surface area contributed by atoms with E-state index in [0.717, 1.165) is 12.8 Å². The molecule has 0 spiro atoms. The fourth-order valence-electron chi connectivity index (χ4n) is 2.14. The van der Waals surface area contributed by atoms with Gasteiger partial charge in [0.15, 0.2) is 5.78 Å². The van der Waals surface area contributed by atoms with Gasteiger partial charge < -0.3 is 10.2 Å². The van der Waals surface area contributed by atoms with Gasteiger partial charge in [0, 0.05) is 13.0 Å². The van der Waals surface area contributed by atoms with E-state index in [1.54, 1.807) is 0 Å². The van der Waals surface area contributed by atoms with Gasteiger partial charge in [-0.25, -0.2) is 0 Å². The van der Waals surface area contributed by atoms with Crippen LogP contribution >= 0.6 is 0 Å². The van der Waals surface area contributed by atoms with E-state index in [-0.39, 0.29) is 26.0 Å². The van der Waals surface area contributed by atoms with Gasteiger partial charge in [-0.15, -0.1) is 0 Å². The highest BCUT2D eigenvalue weighted by Gasteiger charge is 2.19. The van der Waals surface area contributed by atoms with Crippen molar-refractivity contribution in [2.75, 3.05) is 13.2 Å². The maximum atomic E-state index is 11.6. The summed E-state index contributed by atoms with van der Waals surface area (Å²) in [5.74, 6) is -2.18. The molecule has 0 aromatic carbocycles. The molecule has 1 atom stereocenters. The van der Waals surface area contributed by atoms with Crippen LogP contribution in [0.5, 0.6) is 0 Å². The molecule has 0 fully saturated rings. The highest BCUT2D eigenvalue weighted by molar-refractivity contribution is 6.38. The number of carbonyl (C=O) groups is 3. The lowest BCUT2D eigenvalue weighted by Crippen LogP contribution is -2.41. The highest BCUT2D eigenvalue weighted by atomic mass is 16.4. The van der Waals surface area contributed by atoms with Gasteiger partial charge >= 0.3 is 5.97 Å². The largest absolute Gasteiger partial charge is 0.480 e. The van der Waals surface area contributed by atoms with E-state index in [2.05, 4.69) is 12.2 Å². The smallest absolute Gasteiger partial charge is 0.320 e. The van der Waals surface area contributed by atoms with Gasteiger partial charge in [-0.05, 0) is 12.8 Å². The molecule has 0 rings (SSSR count). The van der Waals surface area contributed by atoms with Gasteiger partial charge in [0.1, 0.15) is 6.04 Å². The number of hydrogen-bond donors (Lipinski definition) is 3. The minimum absolute atomic E-state index is 0.00850. The summed E-state index contributed by atoms with van der Waals surface area (Å²) in [6.45, 7) is 1.59. The summed E-state index contributed by atoms with van der Waals surface area (Å²) < 4.78 is 0. The van der Waals surface area contributed by atoms with Crippen LogP contribution in [0.15, 0.2) is 0 Å². The van der Waals surface area contributed by atoms with Crippen molar-refractivity contribution in [1.29, 1.82) is 0 Å². The van der Waals surface area contributed by atoms with Gasteiger partial charge in [-0.2, -0.15) is 0 Å². The van der Waals surface area contributed by atoms with E-state index in [1.165, 1.54) is 25.7 Å². The van der Waals surface area contributed by atoms with Crippen LogP contribution in [0.3, 0.4) is 0 Å². The Morgan fingerprint density at radius 3 is 2.09 bits per heavy atom. The molecule has 0 aromatic rings. The summed E-state index contributed by atoms with van der Waals surface area (Å²) in [7, 11) is 0. The van der Waals surface area contributed by atoms with Gasteiger partial charge in [0.05, 0.1) is 6.54 Å². The standard InChI is InChI=1S/C16H29NO5/c1-2-3-4-5-6-7-8-9-14(19)15(20)12-17-13(10-11-18)16(21)22/h13,17-18H,2-12H2,1H3,(H,21,22)/t13-/m0/s1. The Bertz CT molecular complexity index is 343. The predicted octanol–water partition coefficient (Wildman–Crippen LogP) is 1.69. The van der Waals surface area contributed by atoms with Crippen molar-refractivity contribution in [1.82, 2.24) is 5.32 Å². The molecule has 128 valence electrons. The maximum Gasteiger partial charge on any atom is 0.320 e. The van der Waals surface area contributed by atoms with Crippen LogP contribution in [0.2, 0.25) is 0 Å². The van der Waals surface area contributed by atoms with Gasteiger partial charge in [0.2, 0.25) is 5.78 Å². The lowest BCUT2D eigenvalue weighted by Gasteiger charge is -2.11. The van der Waals surface area contributed by atoms with Gasteiger partial charge in [-0.3, -0.25) is 19.7 Å². The molecular formula is C16H29NO5. The summed E-state index contributed by atoms with van der Waals surface area (Å²) in [5.41, 5.74) is 0. The van der Waals surface area contributed by atoms with E-state index in [0.29, 0.717) is 6.42 Å². The average Bonchev–Trinajstić information content (AvgIpc) is 2.49. The van der Waals surface area contributed by atoms with E-state index in [4.69, 9.17) is 10.2 Å². The molecule has 0 aliphatic rings. The summed E-state index contributed by atoms with van der Waals surface area (Å²) in [5, 5.41) is 20.1. The van der Waals surface area contributed by atoms with E-state index in [1.807, 2.05) is 0 Å². The van der Waals surface area contributed by atoms with Crippen LogP contribution in [0.25, 0.3) is 0 Å². The Morgan fingerprint density at radius 2 is 1.55 bits per heavy atom. The summed E-state index contributed by atoms with van der Waals surface area (Å²) in [4.78, 5) is 34.1. The molecule has 0 saturated carbocycles. The van der Waals surface area contributed by atoms with Crippen molar-refractivity contribution in [3.8, 4) is 0 Å². The topological polar surface area (TPSA) is 104 Å². The van der Waals surface area contributed by atoms with Gasteiger partial charge in [-0.1, -0.05) is 45.4 Å². The Kier molecular flexibility index (Phi) is 12.6. The first-order chi connectivity index (χ1) is 10.5. The number of aliphatic hydroxyl groups excluding tert-OH is 1. The zero-order valence-corrected chi connectivity index (χ0v) is 13.5. The fraction of sp³-hybridized carbons (Fsp3) is 0.812. The first kappa shape index (κ1) is 20.7. The Hall–Kier alpha value is -1.27. The van der Waals surface area contributed by atoms with Crippen LogP contribution in [-0.4, -0.2) is 46.9 Å². The summed E-state index contributed by atoms with van der Waals surface area (Å²) in [6.07, 6.45) is 7.79. The zero-order chi connectivity index (χ0) is 16.8. The maximum absolute atomic E-state index is 11.6. The lowest BCUT2D eigenvalue weighted by molar-refractivity contribution is -0.140. The number of aliphatic hydroxyl groups is 1. The normalized spacial score (nSPS) is 12.1. The number of carboxylic acids is 1. The van der Waals surface area contributed by atoms with Crippen molar-refractivity contribution < 1.29 is 24.6 Å². The van der Waals surface area contributed by atoms with E-state index in [9.17, 15) is 14.4 Å². The number of nitrogens with one attached hydrogen (secondary N) is 1. The first-order valence-corrected chi connectivity index (χ1v) is 8.16. The van der Waals surface area contributed by atoms with Crippen LogP contribution < -0.4 is 5.32 Å². The molecule has 3 N–H and O–H groups in total. The molecule has 0 heterocycles. The third-order valence-corrected chi connectivity index (χ3v) is 3.54. The highest BCUT2D eigenvalue weighted by Crippen LogP contribution is 2.08. The third kappa shape index (κ3) is 10.5. The van der Waals surface area contributed by atoms with Crippen molar-refractivity contribution >= 4 is 17.5 Å². The van der Waals surface area contributed by atoms with E-state index < -0.39 is 23.6 Å². The second kappa shape index (κ2) is 13.4. The van der Waals surface area contributed by atoms with Crippen LogP contribution in [0.1, 0.15) is 64.7 Å². The first-order valence-electron chi connectivity index (χ1n) is 8.16. The second-order valence-electron chi connectivity index (χ2n) is 5.50. The van der Waals surface area contributed by atoms with Crippen LogP contribution in [0.4, 0.5) is 0 Å². The molecule has 0 aliphatic heterocycles. The monoisotopic (exact) mass is 315 g/mol. The zero-order valence-electron chi connectivity index (χ0n) is 13.5. The Morgan fingerprint density at radius 1 is 0.955 bits per heavy atom. The minimum atomic E-state index is -1.14. The molecule has 6 nitrogen and oxygen atoms in total. The summed E-state index contributed by atoms with van der Waals surface area (Å²) in [6, 6.07) is -1.000. The molecule has 0 unspecified atom stereocenters. The van der Waals surface area contributed by atoms with Crippen molar-refractivity contribution in [3.63, 3.8) is 0 Å². The molecule has 0 bridgehead atoms. The number of carboxylic acid groups (broad SMARTS) is 1. The molecule has 0 radical (unpaired) electrons. The number of carbonyl (C=O) groups excluding carboxylic acids is 2. The Labute approximate surface area is 132 Å². The number of aliphatic carboxylic acids is 1. The minimum Gasteiger partial charge on any atom is -0.480 e. The van der Waals surface area contributed by atoms with Crippen molar-refractivity contribution in [2.45, 2.75) is 70.8 Å². The molecule has 0 aromatic heterocycles. The number of unbranched alkanes of at least 4 members (excludes halogenated alkanes) is 6. The van der Waals surface area contributed by atoms with Crippen LogP contribution in [-0.2, 0) is 14.4 Å². The predicted molar refractivity (Wildman–Crippen MR) is 83.8 cm³/mol. The fourth-order valence-corrected chi connectivity index (χ4v) is 2.14. The number of Topliss-reactive ketones (excluding diaryl/α,β-unsaturated/α-hetero) is 2. The number of ketones is 2. The molecule has 0 amide bonds. The molecule has 6 heteroatoms. The summed E-state index contributed by atoms with van der Waals surface area (Å²) >= 11 is 0. The second-order valence-corrected chi connectivity index (χ2v) is 5.50. The SMILES string of the molecule is CCCCCCCCCC(=O)C(=O)CN[C@@H](CCO)C(=O)O. The molecular weight excluding hydrogens is 286 g/mol. The average molecular weight is 315 g/mol. The number of hydrogen-bond acceptors (Lipinski definition) is 5. The van der Waals surface area contributed by atoms with E-state index >= 15 is 0 Å². The molecule has 22 heavy (non-hydrogen) atoms.